The monoisotopic (exact) mass is 630 g/mol. The van der Waals surface area contributed by atoms with Crippen molar-refractivity contribution >= 4 is 11.9 Å². The Labute approximate surface area is 273 Å². The van der Waals surface area contributed by atoms with Crippen LogP contribution in [0.3, 0.4) is 0 Å². The molecule has 256 valence electrons. The third kappa shape index (κ3) is 14.7. The largest absolute Gasteiger partial charge is 0.458 e. The number of ether oxygens (including phenoxy) is 5. The van der Waals surface area contributed by atoms with Gasteiger partial charge in [-0.15, -0.1) is 0 Å². The van der Waals surface area contributed by atoms with Crippen molar-refractivity contribution in [3.8, 4) is 0 Å². The predicted octanol–water partition coefficient (Wildman–Crippen LogP) is 8.86. The summed E-state index contributed by atoms with van der Waals surface area (Å²) >= 11 is 0. The highest BCUT2D eigenvalue weighted by Crippen LogP contribution is 2.39. The molecule has 0 bridgehead atoms. The van der Waals surface area contributed by atoms with E-state index < -0.39 is 12.2 Å². The molecule has 1 saturated carbocycles. The Hall–Kier alpha value is -1.70. The lowest BCUT2D eigenvalue weighted by atomic mass is 9.94. The van der Waals surface area contributed by atoms with E-state index in [0.717, 1.165) is 12.8 Å². The van der Waals surface area contributed by atoms with Gasteiger partial charge in [-0.05, 0) is 38.5 Å². The molecular weight excluding hydrogens is 568 g/mol. The van der Waals surface area contributed by atoms with E-state index in [-0.39, 0.29) is 24.1 Å². The van der Waals surface area contributed by atoms with Gasteiger partial charge in [0.25, 0.3) is 0 Å². The molecule has 0 aromatic carbocycles. The van der Waals surface area contributed by atoms with Crippen LogP contribution >= 0.6 is 0 Å². The Morgan fingerprint density at radius 2 is 0.978 bits per heavy atom. The van der Waals surface area contributed by atoms with Crippen LogP contribution in [0.2, 0.25) is 0 Å². The topological polar surface area (TPSA) is 90.2 Å². The molecule has 0 amide bonds. The summed E-state index contributed by atoms with van der Waals surface area (Å²) in [6, 6.07) is 0. The third-order valence-electron chi connectivity index (χ3n) is 9.76. The first kappa shape index (κ1) is 36.1. The van der Waals surface area contributed by atoms with Gasteiger partial charge in [0.15, 0.2) is 0 Å². The lowest BCUT2D eigenvalue weighted by Crippen LogP contribution is -2.40. The van der Waals surface area contributed by atoms with Gasteiger partial charge in [-0.25, -0.2) is 0 Å². The molecule has 0 spiro atoms. The number of carbonyl (C=O) groups is 2. The molecule has 3 heterocycles. The molecular formula is C38H62O7. The van der Waals surface area contributed by atoms with Gasteiger partial charge in [-0.3, -0.25) is 9.59 Å². The van der Waals surface area contributed by atoms with E-state index in [1.54, 1.807) is 0 Å². The second kappa shape index (κ2) is 20.5. The maximum absolute atomic E-state index is 12.6. The van der Waals surface area contributed by atoms with Crippen LogP contribution in [0, 0.1) is 0 Å². The molecule has 3 aliphatic heterocycles. The molecule has 4 aliphatic rings. The summed E-state index contributed by atoms with van der Waals surface area (Å²) in [5.74, 6) is -0.484. The third-order valence-corrected chi connectivity index (χ3v) is 9.76. The summed E-state index contributed by atoms with van der Waals surface area (Å²) in [4.78, 5) is 25.2. The Morgan fingerprint density at radius 1 is 0.556 bits per heavy atom. The molecule has 45 heavy (non-hydrogen) atoms. The number of hydrogen-bond acceptors (Lipinski definition) is 7. The molecule has 0 aromatic heterocycles. The zero-order chi connectivity index (χ0) is 31.7. The molecule has 7 heteroatoms. The second-order valence-corrected chi connectivity index (χ2v) is 13.8. The van der Waals surface area contributed by atoms with Crippen LogP contribution in [0.1, 0.15) is 155 Å². The quantitative estimate of drug-likeness (QED) is 0.0408. The van der Waals surface area contributed by atoms with Gasteiger partial charge in [0, 0.05) is 25.7 Å². The highest BCUT2D eigenvalue weighted by molar-refractivity contribution is 5.71. The van der Waals surface area contributed by atoms with E-state index in [4.69, 9.17) is 23.7 Å². The Bertz CT molecular complexity index is 844. The fourth-order valence-corrected chi connectivity index (χ4v) is 6.69. The number of epoxide rings is 3. The zero-order valence-corrected chi connectivity index (χ0v) is 28.3. The smallest absolute Gasteiger partial charge is 0.306 e. The van der Waals surface area contributed by atoms with Crippen LogP contribution in [-0.2, 0) is 33.3 Å². The van der Waals surface area contributed by atoms with Crippen molar-refractivity contribution < 1.29 is 33.3 Å². The summed E-state index contributed by atoms with van der Waals surface area (Å²) in [6.45, 7) is 4.50. The first-order chi connectivity index (χ1) is 22.1. The van der Waals surface area contributed by atoms with Crippen LogP contribution in [0.4, 0.5) is 0 Å². The van der Waals surface area contributed by atoms with Crippen LogP contribution in [0.25, 0.3) is 0 Å². The number of unbranched alkanes of at least 4 members (excludes halogenated alkanes) is 10. The number of hydrogen-bond donors (Lipinski definition) is 0. The minimum atomic E-state index is -0.428. The summed E-state index contributed by atoms with van der Waals surface area (Å²) in [6.07, 6.45) is 32.4. The normalized spacial score (nSPS) is 30.0. The van der Waals surface area contributed by atoms with Gasteiger partial charge < -0.3 is 23.7 Å². The standard InChI is InChI=1S/C38H62O7/c1-3-5-7-9-11-15-21-29-31(41-29)23-17-13-19-25-37(39)44-35-27-33-34(43-33)28-36(35)45-38(40)26-20-14-18-24-32-30(42-32)22-16-12-10-8-6-4-2/h13-14,17-18,29-36H,3-12,15-16,19-28H2,1-2H3. The lowest BCUT2D eigenvalue weighted by Gasteiger charge is -2.28. The first-order valence-electron chi connectivity index (χ1n) is 18.7. The lowest BCUT2D eigenvalue weighted by molar-refractivity contribution is -0.170. The van der Waals surface area contributed by atoms with Crippen LogP contribution in [-0.4, -0.2) is 60.8 Å². The average Bonchev–Trinajstić information content (AvgIpc) is 3.94. The highest BCUT2D eigenvalue weighted by Gasteiger charge is 2.51. The van der Waals surface area contributed by atoms with Crippen LogP contribution < -0.4 is 0 Å². The minimum absolute atomic E-state index is 0.123. The number of allylic oxidation sites excluding steroid dienone is 2. The molecule has 7 nitrogen and oxygen atoms in total. The molecule has 3 saturated heterocycles. The van der Waals surface area contributed by atoms with E-state index in [9.17, 15) is 9.59 Å². The van der Waals surface area contributed by atoms with Gasteiger partial charge in [-0.1, -0.05) is 115 Å². The molecule has 0 radical (unpaired) electrons. The van der Waals surface area contributed by atoms with E-state index in [2.05, 4.69) is 38.2 Å². The molecule has 8 atom stereocenters. The van der Waals surface area contributed by atoms with E-state index in [0.29, 0.717) is 62.9 Å². The van der Waals surface area contributed by atoms with Crippen molar-refractivity contribution in [2.45, 2.75) is 204 Å². The van der Waals surface area contributed by atoms with E-state index in [1.165, 1.54) is 89.9 Å². The number of fused-ring (bicyclic) bond motifs is 1. The van der Waals surface area contributed by atoms with Crippen molar-refractivity contribution in [1.82, 2.24) is 0 Å². The average molecular weight is 631 g/mol. The second-order valence-electron chi connectivity index (χ2n) is 13.8. The van der Waals surface area contributed by atoms with Gasteiger partial charge in [-0.2, -0.15) is 0 Å². The van der Waals surface area contributed by atoms with Crippen molar-refractivity contribution in [2.75, 3.05) is 0 Å². The summed E-state index contributed by atoms with van der Waals surface area (Å²) in [5, 5.41) is 0. The van der Waals surface area contributed by atoms with Gasteiger partial charge in [0.2, 0.25) is 0 Å². The first-order valence-corrected chi connectivity index (χ1v) is 18.7. The highest BCUT2D eigenvalue weighted by atomic mass is 16.6. The number of rotatable bonds is 26. The summed E-state index contributed by atoms with van der Waals surface area (Å²) < 4.78 is 28.9. The van der Waals surface area contributed by atoms with Crippen LogP contribution in [0.15, 0.2) is 24.3 Å². The molecule has 1 aliphatic carbocycles. The summed E-state index contributed by atoms with van der Waals surface area (Å²) in [7, 11) is 0. The number of esters is 2. The van der Waals surface area contributed by atoms with Crippen molar-refractivity contribution in [3.63, 3.8) is 0 Å². The zero-order valence-electron chi connectivity index (χ0n) is 28.3. The van der Waals surface area contributed by atoms with Crippen molar-refractivity contribution in [3.05, 3.63) is 24.3 Å². The fourth-order valence-electron chi connectivity index (χ4n) is 6.69. The number of carbonyl (C=O) groups excluding carboxylic acids is 2. The van der Waals surface area contributed by atoms with Gasteiger partial charge >= 0.3 is 11.9 Å². The molecule has 4 rings (SSSR count). The van der Waals surface area contributed by atoms with Crippen molar-refractivity contribution in [1.29, 1.82) is 0 Å². The van der Waals surface area contributed by atoms with E-state index in [1.807, 2.05) is 0 Å². The maximum Gasteiger partial charge on any atom is 0.306 e. The minimum Gasteiger partial charge on any atom is -0.458 e. The molecule has 8 unspecified atom stereocenters. The van der Waals surface area contributed by atoms with Gasteiger partial charge in [0.05, 0.1) is 36.6 Å². The molecule has 4 fully saturated rings. The SMILES string of the molecule is CCCCCCCCC1OC1CC=CCCC(=O)OC1CC2OC2CC1OC(=O)CCC=CCC1OC1CCCCCCCC. The molecule has 0 aromatic rings. The fraction of sp³-hybridized carbons (Fsp3) is 0.842. The Kier molecular flexibility index (Phi) is 16.5. The maximum atomic E-state index is 12.6. The molecule has 0 N–H and O–H groups in total. The van der Waals surface area contributed by atoms with Crippen molar-refractivity contribution in [2.24, 2.45) is 0 Å². The Balaban J connectivity index is 1.01. The predicted molar refractivity (Wildman–Crippen MR) is 177 cm³/mol. The Morgan fingerprint density at radius 3 is 1.42 bits per heavy atom. The van der Waals surface area contributed by atoms with Crippen LogP contribution in [0.5, 0.6) is 0 Å². The van der Waals surface area contributed by atoms with E-state index >= 15 is 0 Å². The summed E-state index contributed by atoms with van der Waals surface area (Å²) in [5.41, 5.74) is 0. The van der Waals surface area contributed by atoms with Gasteiger partial charge in [0.1, 0.15) is 12.2 Å².